The summed E-state index contributed by atoms with van der Waals surface area (Å²) in [6.07, 6.45) is 0.826. The fourth-order valence-electron chi connectivity index (χ4n) is 4.91. The second kappa shape index (κ2) is 6.81. The summed E-state index contributed by atoms with van der Waals surface area (Å²) in [5.41, 5.74) is 3.70. The van der Waals surface area contributed by atoms with Crippen molar-refractivity contribution >= 4 is 22.7 Å². The Morgan fingerprint density at radius 2 is 1.93 bits per heavy atom. The number of halogens is 1. The maximum Gasteiger partial charge on any atom is 0.316 e. The quantitative estimate of drug-likeness (QED) is 0.547. The number of para-hydroxylation sites is 1. The molecule has 2 aromatic carbocycles. The summed E-state index contributed by atoms with van der Waals surface area (Å²) in [5.74, 6) is -1.70. The van der Waals surface area contributed by atoms with E-state index in [4.69, 9.17) is 4.74 Å². The highest BCUT2D eigenvalue weighted by Crippen LogP contribution is 2.45. The lowest BCUT2D eigenvalue weighted by molar-refractivity contribution is -0.156. The third kappa shape index (κ3) is 2.78. The zero-order chi connectivity index (χ0) is 20.1. The minimum Gasteiger partial charge on any atom is -0.468 e. The number of nitrogens with one attached hydrogen (secondary N) is 1. The molecular formula is C23H21FN2O3. The highest BCUT2D eigenvalue weighted by Gasteiger charge is 2.50. The molecule has 2 aliphatic heterocycles. The molecule has 3 aromatic rings. The third-order valence-electron chi connectivity index (χ3n) is 6.31. The van der Waals surface area contributed by atoms with Gasteiger partial charge in [-0.05, 0) is 30.5 Å². The van der Waals surface area contributed by atoms with Crippen LogP contribution in [0.4, 0.5) is 4.39 Å². The van der Waals surface area contributed by atoms with Crippen molar-refractivity contribution < 1.29 is 18.7 Å². The van der Waals surface area contributed by atoms with Gasteiger partial charge in [0, 0.05) is 28.7 Å². The lowest BCUT2D eigenvalue weighted by Gasteiger charge is -2.46. The van der Waals surface area contributed by atoms with E-state index in [1.165, 1.54) is 13.2 Å². The molecule has 5 nitrogen and oxygen atoms in total. The smallest absolute Gasteiger partial charge is 0.316 e. The number of methoxy groups -OCH3 is 1. The summed E-state index contributed by atoms with van der Waals surface area (Å²) in [7, 11) is 1.31. The Labute approximate surface area is 167 Å². The third-order valence-corrected chi connectivity index (χ3v) is 6.31. The molecule has 0 radical (unpaired) electrons. The molecule has 0 amide bonds. The number of ketones is 1. The molecule has 0 aliphatic carbocycles. The van der Waals surface area contributed by atoms with Gasteiger partial charge in [0.1, 0.15) is 11.7 Å². The van der Waals surface area contributed by atoms with Crippen LogP contribution >= 0.6 is 0 Å². The van der Waals surface area contributed by atoms with Gasteiger partial charge in [0.2, 0.25) is 0 Å². The van der Waals surface area contributed by atoms with Gasteiger partial charge in [0.05, 0.1) is 19.2 Å². The largest absolute Gasteiger partial charge is 0.468 e. The molecule has 1 saturated heterocycles. The highest BCUT2D eigenvalue weighted by atomic mass is 19.1. The van der Waals surface area contributed by atoms with Crippen LogP contribution in [0, 0.1) is 11.7 Å². The first-order valence-corrected chi connectivity index (χ1v) is 9.78. The van der Waals surface area contributed by atoms with Gasteiger partial charge < -0.3 is 9.72 Å². The van der Waals surface area contributed by atoms with E-state index in [2.05, 4.69) is 11.1 Å². The lowest BCUT2D eigenvalue weighted by atomic mass is 9.76. The van der Waals surface area contributed by atoms with Crippen LogP contribution in [0.5, 0.6) is 0 Å². The molecule has 2 aliphatic rings. The van der Waals surface area contributed by atoms with Crippen molar-refractivity contribution in [3.05, 3.63) is 71.2 Å². The first kappa shape index (κ1) is 18.1. The maximum atomic E-state index is 14.3. The molecule has 6 heteroatoms. The molecule has 3 heterocycles. The molecule has 2 unspecified atom stereocenters. The number of hydrogen-bond donors (Lipinski definition) is 1. The van der Waals surface area contributed by atoms with E-state index in [9.17, 15) is 14.0 Å². The normalized spacial score (nSPS) is 23.8. The fourth-order valence-corrected chi connectivity index (χ4v) is 4.91. The highest BCUT2D eigenvalue weighted by molar-refractivity contribution is 6.03. The Morgan fingerprint density at radius 3 is 2.72 bits per heavy atom. The predicted octanol–water partition coefficient (Wildman–Crippen LogP) is 3.54. The number of rotatable bonds is 3. The number of benzene rings is 2. The van der Waals surface area contributed by atoms with Crippen molar-refractivity contribution in [2.24, 2.45) is 5.92 Å². The van der Waals surface area contributed by atoms with Crippen molar-refractivity contribution in [3.8, 4) is 0 Å². The number of esters is 1. The Kier molecular flexibility index (Phi) is 4.24. The van der Waals surface area contributed by atoms with Crippen LogP contribution in [0.15, 0.2) is 48.5 Å². The van der Waals surface area contributed by atoms with Crippen molar-refractivity contribution in [2.45, 2.75) is 31.5 Å². The van der Waals surface area contributed by atoms with Gasteiger partial charge in [-0.2, -0.15) is 0 Å². The van der Waals surface area contributed by atoms with Crippen LogP contribution in [-0.4, -0.2) is 34.8 Å². The standard InChI is InChI=1S/C23H21FN2O3/c1-29-23(28)16-11-19-21-15(14-7-3-5-9-18(14)25-21)10-20(22(16)27)26(19)12-13-6-2-4-8-17(13)24/h2-9,16,19-20,25H,10-12H2,1H3/t16?,19-,20?/m0/s1. The molecular weight excluding hydrogens is 371 g/mol. The molecule has 2 bridgehead atoms. The van der Waals surface area contributed by atoms with Crippen molar-refractivity contribution in [1.29, 1.82) is 0 Å². The Bertz CT molecular complexity index is 1120. The number of aromatic amines is 1. The topological polar surface area (TPSA) is 62.4 Å². The Balaban J connectivity index is 1.62. The molecule has 1 fully saturated rings. The molecule has 0 saturated carbocycles. The van der Waals surface area contributed by atoms with Gasteiger partial charge in [-0.1, -0.05) is 36.4 Å². The molecule has 29 heavy (non-hydrogen) atoms. The predicted molar refractivity (Wildman–Crippen MR) is 106 cm³/mol. The van der Waals surface area contributed by atoms with E-state index in [1.54, 1.807) is 18.2 Å². The van der Waals surface area contributed by atoms with Gasteiger partial charge in [0.15, 0.2) is 5.78 Å². The molecule has 148 valence electrons. The van der Waals surface area contributed by atoms with E-state index < -0.39 is 17.9 Å². The number of piperidine rings is 1. The first-order chi connectivity index (χ1) is 14.1. The second-order valence-electron chi connectivity index (χ2n) is 7.78. The van der Waals surface area contributed by atoms with Crippen molar-refractivity contribution in [1.82, 2.24) is 9.88 Å². The van der Waals surface area contributed by atoms with E-state index in [0.717, 1.165) is 22.2 Å². The number of carbonyl (C=O) groups is 2. The number of H-pyrrole nitrogens is 1. The summed E-state index contributed by atoms with van der Waals surface area (Å²) in [6.45, 7) is 0.316. The zero-order valence-electron chi connectivity index (χ0n) is 16.0. The van der Waals surface area contributed by atoms with Gasteiger partial charge in [-0.15, -0.1) is 0 Å². The summed E-state index contributed by atoms with van der Waals surface area (Å²) < 4.78 is 19.2. The van der Waals surface area contributed by atoms with E-state index >= 15 is 0 Å². The zero-order valence-corrected chi connectivity index (χ0v) is 16.0. The number of aromatic nitrogens is 1. The average Bonchev–Trinajstić information content (AvgIpc) is 3.10. The lowest BCUT2D eigenvalue weighted by Crippen LogP contribution is -2.56. The van der Waals surface area contributed by atoms with Crippen LogP contribution < -0.4 is 0 Å². The number of carbonyl (C=O) groups excluding carboxylic acids is 2. The second-order valence-corrected chi connectivity index (χ2v) is 7.78. The molecule has 0 spiro atoms. The minimum absolute atomic E-state index is 0.139. The van der Waals surface area contributed by atoms with Gasteiger partial charge in [-0.25, -0.2) is 4.39 Å². The summed E-state index contributed by atoms with van der Waals surface area (Å²) in [4.78, 5) is 31.1. The first-order valence-electron chi connectivity index (χ1n) is 9.78. The van der Waals surface area contributed by atoms with Crippen LogP contribution in [0.25, 0.3) is 10.9 Å². The van der Waals surface area contributed by atoms with Crippen LogP contribution in [0.1, 0.15) is 29.3 Å². The number of hydrogen-bond acceptors (Lipinski definition) is 4. The van der Waals surface area contributed by atoms with Crippen molar-refractivity contribution in [2.75, 3.05) is 7.11 Å². The van der Waals surface area contributed by atoms with E-state index in [0.29, 0.717) is 24.9 Å². The fraction of sp³-hybridized carbons (Fsp3) is 0.304. The summed E-state index contributed by atoms with van der Waals surface area (Å²) >= 11 is 0. The van der Waals surface area contributed by atoms with Gasteiger partial charge in [-0.3, -0.25) is 14.5 Å². The van der Waals surface area contributed by atoms with Crippen LogP contribution in [0.2, 0.25) is 0 Å². The minimum atomic E-state index is -0.786. The Morgan fingerprint density at radius 1 is 1.17 bits per heavy atom. The number of Topliss-reactive ketones (excluding diaryl/α,β-unsaturated/α-hetero) is 1. The number of nitrogens with zero attached hydrogens (tertiary/aromatic N) is 1. The van der Waals surface area contributed by atoms with Crippen molar-refractivity contribution in [3.63, 3.8) is 0 Å². The molecule has 1 N–H and O–H groups in total. The maximum absolute atomic E-state index is 14.3. The van der Waals surface area contributed by atoms with Gasteiger partial charge in [0.25, 0.3) is 0 Å². The average molecular weight is 392 g/mol. The number of ether oxygens (including phenoxy) is 1. The molecule has 3 atom stereocenters. The number of fused-ring (bicyclic) bond motifs is 6. The molecule has 5 rings (SSSR count). The van der Waals surface area contributed by atoms with Crippen LogP contribution in [-0.2, 0) is 27.3 Å². The monoisotopic (exact) mass is 392 g/mol. The van der Waals surface area contributed by atoms with E-state index in [1.807, 2.05) is 23.1 Å². The molecule has 1 aromatic heterocycles. The van der Waals surface area contributed by atoms with E-state index in [-0.39, 0.29) is 17.6 Å². The van der Waals surface area contributed by atoms with Crippen LogP contribution in [0.3, 0.4) is 0 Å². The summed E-state index contributed by atoms with van der Waals surface area (Å²) in [6, 6.07) is 14.0. The van der Waals surface area contributed by atoms with Gasteiger partial charge >= 0.3 is 5.97 Å². The Hall–Kier alpha value is -2.99. The summed E-state index contributed by atoms with van der Waals surface area (Å²) in [5, 5.41) is 1.10. The SMILES string of the molecule is COC(=O)C1C[C@H]2c3[nH]c4ccccc4c3CC(C1=O)N2Cc1ccccc1F.